The summed E-state index contributed by atoms with van der Waals surface area (Å²) in [7, 11) is 0. The van der Waals surface area contributed by atoms with Gasteiger partial charge in [-0.15, -0.1) is 4.91 Å². The second kappa shape index (κ2) is 10.8. The first-order valence-electron chi connectivity index (χ1n) is 12.6. The first kappa shape index (κ1) is 26.3. The molecule has 2 N–H and O–H groups in total. The lowest BCUT2D eigenvalue weighted by molar-refractivity contribution is -0.118. The molecule has 5 rings (SSSR count). The highest BCUT2D eigenvalue weighted by Crippen LogP contribution is 2.38. The van der Waals surface area contributed by atoms with Gasteiger partial charge in [-0.3, -0.25) is 19.3 Å². The third kappa shape index (κ3) is 5.33. The standard InChI is InChI=1S/C30H26ClN3O5/c1-17-3-2-4-24(31)27(17)28(32)23(29(36)18-5-6-18)16-39-22-12-13-25-20(15-22)9-14-26(35)34(25)21-10-7-19(8-11-21)30(37)33-38/h2-4,7-8,10-13,15,18H,5-6,9,14,16,32H2,1H3. The van der Waals surface area contributed by atoms with Crippen LogP contribution in [0.4, 0.5) is 11.4 Å². The number of nitrogens with zero attached hydrogens (tertiary/aromatic N) is 2. The number of rotatable bonds is 8. The van der Waals surface area contributed by atoms with Gasteiger partial charge in [-0.25, -0.2) is 0 Å². The van der Waals surface area contributed by atoms with Crippen LogP contribution in [0, 0.1) is 17.7 Å². The van der Waals surface area contributed by atoms with Crippen LogP contribution in [0.25, 0.3) is 5.70 Å². The van der Waals surface area contributed by atoms with E-state index in [-0.39, 0.29) is 36.2 Å². The van der Waals surface area contributed by atoms with Crippen molar-refractivity contribution in [1.29, 1.82) is 0 Å². The van der Waals surface area contributed by atoms with Crippen LogP contribution in [0.2, 0.25) is 5.02 Å². The van der Waals surface area contributed by atoms with Gasteiger partial charge in [0.15, 0.2) is 5.78 Å². The van der Waals surface area contributed by atoms with Crippen molar-refractivity contribution in [2.75, 3.05) is 11.5 Å². The molecule has 198 valence electrons. The Morgan fingerprint density at radius 3 is 2.49 bits per heavy atom. The van der Waals surface area contributed by atoms with Gasteiger partial charge in [0.1, 0.15) is 12.4 Å². The van der Waals surface area contributed by atoms with Crippen molar-refractivity contribution < 1.29 is 19.1 Å². The van der Waals surface area contributed by atoms with Gasteiger partial charge < -0.3 is 10.5 Å². The smallest absolute Gasteiger partial charge is 0.316 e. The molecule has 0 atom stereocenters. The molecule has 0 aromatic heterocycles. The minimum absolute atomic E-state index is 0.00643. The van der Waals surface area contributed by atoms with Crippen LogP contribution in [0.5, 0.6) is 5.75 Å². The predicted molar refractivity (Wildman–Crippen MR) is 149 cm³/mol. The van der Waals surface area contributed by atoms with Crippen LogP contribution in [0.15, 0.2) is 71.4 Å². The van der Waals surface area contributed by atoms with Crippen LogP contribution in [0.1, 0.15) is 46.3 Å². The molecular weight excluding hydrogens is 518 g/mol. The Labute approximate surface area is 230 Å². The van der Waals surface area contributed by atoms with E-state index in [1.54, 1.807) is 35.2 Å². The number of hydrogen-bond donors (Lipinski definition) is 1. The maximum absolute atomic E-state index is 13.2. The SMILES string of the molecule is Cc1cccc(Cl)c1C(N)=C(COc1ccc2c(c1)CCC(=O)N2c1ccc(C(=O)N=O)cc1)C(=O)C1CC1. The molecule has 0 bridgehead atoms. The summed E-state index contributed by atoms with van der Waals surface area (Å²) in [4.78, 5) is 49.7. The number of carbonyl (C=O) groups is 3. The zero-order valence-electron chi connectivity index (χ0n) is 21.3. The lowest BCUT2D eigenvalue weighted by Gasteiger charge is -2.30. The van der Waals surface area contributed by atoms with Gasteiger partial charge in [0.05, 0.1) is 22.0 Å². The lowest BCUT2D eigenvalue weighted by atomic mass is 9.98. The number of carbonyl (C=O) groups excluding carboxylic acids is 3. The van der Waals surface area contributed by atoms with Gasteiger partial charge in [0, 0.05) is 34.3 Å². The molecule has 1 aliphatic heterocycles. The van der Waals surface area contributed by atoms with Crippen molar-refractivity contribution in [1.82, 2.24) is 0 Å². The fourth-order valence-corrected chi connectivity index (χ4v) is 5.12. The molecule has 1 heterocycles. The highest BCUT2D eigenvalue weighted by atomic mass is 35.5. The molecule has 3 aromatic rings. The Hall–Kier alpha value is -4.30. The van der Waals surface area contributed by atoms with Gasteiger partial charge in [-0.2, -0.15) is 0 Å². The van der Waals surface area contributed by atoms with E-state index in [1.807, 2.05) is 25.1 Å². The maximum Gasteiger partial charge on any atom is 0.316 e. The van der Waals surface area contributed by atoms with E-state index >= 15 is 0 Å². The van der Waals surface area contributed by atoms with Gasteiger partial charge >= 0.3 is 5.91 Å². The monoisotopic (exact) mass is 543 g/mol. The average Bonchev–Trinajstić information content (AvgIpc) is 3.78. The highest BCUT2D eigenvalue weighted by Gasteiger charge is 2.34. The maximum atomic E-state index is 13.2. The highest BCUT2D eigenvalue weighted by molar-refractivity contribution is 6.32. The summed E-state index contributed by atoms with van der Waals surface area (Å²) in [6.07, 6.45) is 2.48. The minimum atomic E-state index is -0.868. The van der Waals surface area contributed by atoms with Crippen molar-refractivity contribution in [3.05, 3.63) is 98.4 Å². The molecule has 1 fully saturated rings. The number of aryl methyl sites for hydroxylation is 2. The van der Waals surface area contributed by atoms with Crippen LogP contribution < -0.4 is 15.4 Å². The van der Waals surface area contributed by atoms with Crippen LogP contribution in [0.3, 0.4) is 0 Å². The average molecular weight is 544 g/mol. The zero-order valence-corrected chi connectivity index (χ0v) is 22.0. The summed E-state index contributed by atoms with van der Waals surface area (Å²) >= 11 is 6.44. The lowest BCUT2D eigenvalue weighted by Crippen LogP contribution is -2.30. The van der Waals surface area contributed by atoms with E-state index in [4.69, 9.17) is 22.1 Å². The van der Waals surface area contributed by atoms with Gasteiger partial charge in [0.2, 0.25) is 5.91 Å². The van der Waals surface area contributed by atoms with E-state index < -0.39 is 5.91 Å². The molecule has 2 amide bonds. The number of ketones is 1. The fraction of sp³-hybridized carbons (Fsp3) is 0.233. The third-order valence-corrected chi connectivity index (χ3v) is 7.36. The van der Waals surface area contributed by atoms with Gasteiger partial charge in [-0.05, 0) is 85.8 Å². The molecule has 3 aromatic carbocycles. The van der Waals surface area contributed by atoms with E-state index in [9.17, 15) is 19.3 Å². The molecule has 0 saturated heterocycles. The number of amides is 2. The van der Waals surface area contributed by atoms with Crippen molar-refractivity contribution in [3.63, 3.8) is 0 Å². The summed E-state index contributed by atoms with van der Waals surface area (Å²) < 4.78 is 6.10. The number of nitrogens with two attached hydrogens (primary N) is 1. The molecular formula is C30H26ClN3O5. The first-order valence-corrected chi connectivity index (χ1v) is 13.0. The van der Waals surface area contributed by atoms with Crippen molar-refractivity contribution >= 4 is 46.3 Å². The summed E-state index contributed by atoms with van der Waals surface area (Å²) in [5, 5.41) is 2.91. The first-order chi connectivity index (χ1) is 18.8. The van der Waals surface area contributed by atoms with E-state index in [2.05, 4.69) is 5.18 Å². The van der Waals surface area contributed by atoms with Crippen LogP contribution >= 0.6 is 11.6 Å². The number of fused-ring (bicyclic) bond motifs is 1. The Kier molecular flexibility index (Phi) is 7.30. The molecule has 0 spiro atoms. The van der Waals surface area contributed by atoms with Crippen LogP contribution in [-0.4, -0.2) is 24.2 Å². The number of ether oxygens (including phenoxy) is 1. The zero-order chi connectivity index (χ0) is 27.7. The van der Waals surface area contributed by atoms with Gasteiger partial charge in [0.25, 0.3) is 0 Å². The topological polar surface area (TPSA) is 119 Å². The van der Waals surface area contributed by atoms with Gasteiger partial charge in [-0.1, -0.05) is 23.7 Å². The number of hydrogen-bond acceptors (Lipinski definition) is 6. The van der Waals surface area contributed by atoms with Crippen molar-refractivity contribution in [3.8, 4) is 5.75 Å². The molecule has 0 radical (unpaired) electrons. The molecule has 2 aliphatic rings. The molecule has 39 heavy (non-hydrogen) atoms. The number of benzene rings is 3. The predicted octanol–water partition coefficient (Wildman–Crippen LogP) is 5.89. The van der Waals surface area contributed by atoms with E-state index in [0.717, 1.165) is 24.0 Å². The summed E-state index contributed by atoms with van der Waals surface area (Å²) in [5.41, 5.74) is 11.1. The Morgan fingerprint density at radius 1 is 1.08 bits per heavy atom. The van der Waals surface area contributed by atoms with Crippen molar-refractivity contribution in [2.45, 2.75) is 32.6 Å². The summed E-state index contributed by atoms with van der Waals surface area (Å²) in [5.74, 6) is -0.476. The second-order valence-electron chi connectivity index (χ2n) is 9.71. The Balaban J connectivity index is 1.41. The van der Waals surface area contributed by atoms with Crippen molar-refractivity contribution in [2.24, 2.45) is 16.8 Å². The largest absolute Gasteiger partial charge is 0.489 e. The third-order valence-electron chi connectivity index (χ3n) is 7.05. The number of nitroso groups, excluding NO2 is 1. The molecule has 1 saturated carbocycles. The van der Waals surface area contributed by atoms with Crippen LogP contribution in [-0.2, 0) is 16.0 Å². The number of anilines is 2. The van der Waals surface area contributed by atoms with E-state index in [1.165, 1.54) is 12.1 Å². The fourth-order valence-electron chi connectivity index (χ4n) is 4.80. The molecule has 1 aliphatic carbocycles. The molecule has 0 unspecified atom stereocenters. The summed E-state index contributed by atoms with van der Waals surface area (Å²) in [6, 6.07) is 17.0. The molecule has 8 nitrogen and oxygen atoms in total. The Bertz CT molecular complexity index is 1510. The summed E-state index contributed by atoms with van der Waals surface area (Å²) in [6.45, 7) is 1.89. The normalized spacial score (nSPS) is 15.3. The number of halogens is 1. The second-order valence-corrected chi connectivity index (χ2v) is 10.1. The Morgan fingerprint density at radius 2 is 1.82 bits per heavy atom. The minimum Gasteiger partial charge on any atom is -0.489 e. The number of Topliss-reactive ketones (excluding diaryl/α,β-unsaturated/α-hetero) is 1. The van der Waals surface area contributed by atoms with E-state index in [0.29, 0.717) is 45.4 Å². The quantitative estimate of drug-likeness (QED) is 0.279. The molecule has 9 heteroatoms.